The van der Waals surface area contributed by atoms with Gasteiger partial charge in [-0.2, -0.15) is 4.98 Å². The first-order chi connectivity index (χ1) is 19.8. The third-order valence-electron chi connectivity index (χ3n) is 6.79. The number of imidazole rings is 1. The van der Waals surface area contributed by atoms with E-state index in [9.17, 15) is 29.5 Å². The van der Waals surface area contributed by atoms with Crippen LogP contribution < -0.4 is 16.4 Å². The van der Waals surface area contributed by atoms with Crippen LogP contribution in [-0.2, 0) is 29.7 Å². The van der Waals surface area contributed by atoms with Crippen molar-refractivity contribution < 1.29 is 38.5 Å². The summed E-state index contributed by atoms with van der Waals surface area (Å²) in [6.07, 6.45) is -2.74. The molecule has 3 heterocycles. The maximum atomic E-state index is 13.7. The number of hydrogen-bond donors (Lipinski definition) is 6. The van der Waals surface area contributed by atoms with Gasteiger partial charge in [0.15, 0.2) is 22.5 Å². The topological polar surface area (TPSA) is 224 Å². The molecule has 0 saturated carbocycles. The number of carbonyl (C=O) groups is 1. The van der Waals surface area contributed by atoms with E-state index in [-0.39, 0.29) is 47.7 Å². The van der Waals surface area contributed by atoms with Crippen molar-refractivity contribution in [3.8, 4) is 0 Å². The summed E-state index contributed by atoms with van der Waals surface area (Å²) in [6.45, 7) is 3.76. The molecule has 0 aliphatic carbocycles. The zero-order valence-electron chi connectivity index (χ0n) is 23.3. The zero-order chi connectivity index (χ0) is 30.7. The zero-order valence-corrected chi connectivity index (χ0v) is 25.0. The van der Waals surface area contributed by atoms with Gasteiger partial charge in [-0.3, -0.25) is 28.2 Å². The fraction of sp³-hybridized carbons (Fsp3) is 0.520. The molecule has 42 heavy (non-hydrogen) atoms. The molecule has 4 rings (SSSR count). The largest absolute Gasteiger partial charge is 0.405 e. The van der Waals surface area contributed by atoms with Crippen molar-refractivity contribution in [1.29, 1.82) is 0 Å². The summed E-state index contributed by atoms with van der Waals surface area (Å²) in [5, 5.41) is 34.0. The number of nitrogens with two attached hydrogens (primary N) is 1. The normalized spacial score (nSPS) is 24.2. The second kappa shape index (κ2) is 12.9. The number of aliphatic hydroxyl groups excluding tert-OH is 2. The number of aromatic nitrogens is 4. The van der Waals surface area contributed by atoms with Crippen LogP contribution in [0.2, 0.25) is 0 Å². The van der Waals surface area contributed by atoms with E-state index < -0.39 is 49.4 Å². The molecule has 1 saturated heterocycles. The first-order valence-corrected chi connectivity index (χ1v) is 15.5. The molecule has 5 atom stereocenters. The lowest BCUT2D eigenvalue weighted by molar-refractivity contribution is -0.119. The minimum absolute atomic E-state index is 0.0348. The van der Waals surface area contributed by atoms with E-state index in [0.717, 1.165) is 17.3 Å². The highest BCUT2D eigenvalue weighted by molar-refractivity contribution is 8.13. The number of nitrogen functional groups attached to an aromatic ring is 1. The molecule has 2 aromatic heterocycles. The molecule has 0 radical (unpaired) electrons. The van der Waals surface area contributed by atoms with Crippen molar-refractivity contribution in [2.45, 2.75) is 51.4 Å². The van der Waals surface area contributed by atoms with Crippen LogP contribution in [0.3, 0.4) is 0 Å². The van der Waals surface area contributed by atoms with Crippen LogP contribution in [0.4, 0.5) is 5.95 Å². The Hall–Kier alpha value is -2.66. The number of hydrogen-bond acceptors (Lipinski definition) is 13. The Morgan fingerprint density at radius 2 is 2.05 bits per heavy atom. The number of rotatable bonds is 13. The molecule has 2 unspecified atom stereocenters. The molecule has 15 nitrogen and oxygen atoms in total. The van der Waals surface area contributed by atoms with E-state index in [4.69, 9.17) is 19.5 Å². The maximum absolute atomic E-state index is 13.7. The SMILES string of the molecule is CC(C)(CO)C(=O)SCCOP(=O)(NCc1ccccc1)OC[C@H]1O[C@@H](n2cnc3c(=O)[nH]c(N)nc32)C(O)[C@]1(C)O. The minimum atomic E-state index is -4.04. The van der Waals surface area contributed by atoms with Gasteiger partial charge in [0.25, 0.3) is 5.56 Å². The van der Waals surface area contributed by atoms with Gasteiger partial charge in [0.05, 0.1) is 31.6 Å². The molecular weight excluding hydrogens is 591 g/mol. The third kappa shape index (κ3) is 7.10. The Bertz CT molecular complexity index is 1500. The minimum Gasteiger partial charge on any atom is -0.395 e. The molecule has 1 aliphatic rings. The molecule has 0 spiro atoms. The maximum Gasteiger partial charge on any atom is 0.405 e. The number of aliphatic hydroxyl groups is 3. The number of anilines is 1. The Morgan fingerprint density at radius 1 is 1.33 bits per heavy atom. The van der Waals surface area contributed by atoms with Crippen LogP contribution in [0.15, 0.2) is 41.5 Å². The number of benzene rings is 1. The molecule has 3 aromatic rings. The van der Waals surface area contributed by atoms with Gasteiger partial charge < -0.3 is 25.8 Å². The van der Waals surface area contributed by atoms with Crippen LogP contribution in [-0.4, -0.2) is 83.3 Å². The second-order valence-electron chi connectivity index (χ2n) is 10.6. The summed E-state index contributed by atoms with van der Waals surface area (Å²) in [5.41, 5.74) is 3.04. The van der Waals surface area contributed by atoms with Gasteiger partial charge in [0, 0.05) is 12.3 Å². The van der Waals surface area contributed by atoms with Crippen LogP contribution >= 0.6 is 19.5 Å². The number of carbonyl (C=O) groups excluding carboxylic acids is 1. The Balaban J connectivity index is 1.47. The van der Waals surface area contributed by atoms with Crippen LogP contribution in [0, 0.1) is 5.41 Å². The van der Waals surface area contributed by atoms with E-state index in [1.54, 1.807) is 13.8 Å². The van der Waals surface area contributed by atoms with Gasteiger partial charge in [-0.1, -0.05) is 42.1 Å². The number of H-pyrrole nitrogens is 1. The van der Waals surface area contributed by atoms with Crippen molar-refractivity contribution in [2.24, 2.45) is 5.41 Å². The Morgan fingerprint density at radius 3 is 2.74 bits per heavy atom. The highest BCUT2D eigenvalue weighted by atomic mass is 32.2. The lowest BCUT2D eigenvalue weighted by atomic mass is 9.95. The predicted octanol–water partition coefficient (Wildman–Crippen LogP) is 0.921. The highest BCUT2D eigenvalue weighted by Crippen LogP contribution is 2.47. The number of ether oxygens (including phenoxy) is 1. The number of thioether (sulfide) groups is 1. The summed E-state index contributed by atoms with van der Waals surface area (Å²) in [6, 6.07) is 9.10. The molecule has 7 N–H and O–H groups in total. The van der Waals surface area contributed by atoms with E-state index in [0.29, 0.717) is 0 Å². The number of fused-ring (bicyclic) bond motifs is 1. The Kier molecular flexibility index (Phi) is 9.92. The summed E-state index contributed by atoms with van der Waals surface area (Å²) in [4.78, 5) is 34.9. The summed E-state index contributed by atoms with van der Waals surface area (Å²) < 4.78 is 32.2. The predicted molar refractivity (Wildman–Crippen MR) is 154 cm³/mol. The molecule has 1 aliphatic heterocycles. The molecule has 1 aromatic carbocycles. The summed E-state index contributed by atoms with van der Waals surface area (Å²) in [5.74, 6) is -0.0277. The molecule has 230 valence electrons. The lowest BCUT2D eigenvalue weighted by Crippen LogP contribution is -2.46. The van der Waals surface area contributed by atoms with E-state index in [1.165, 1.54) is 17.8 Å². The van der Waals surface area contributed by atoms with Crippen molar-refractivity contribution in [3.63, 3.8) is 0 Å². The van der Waals surface area contributed by atoms with Gasteiger partial charge in [0.1, 0.15) is 17.8 Å². The van der Waals surface area contributed by atoms with E-state index in [1.807, 2.05) is 30.3 Å². The van der Waals surface area contributed by atoms with Crippen LogP contribution in [0.5, 0.6) is 0 Å². The average molecular weight is 627 g/mol. The van der Waals surface area contributed by atoms with Gasteiger partial charge in [-0.25, -0.2) is 14.6 Å². The molecule has 17 heteroatoms. The van der Waals surface area contributed by atoms with Crippen LogP contribution in [0.25, 0.3) is 11.2 Å². The van der Waals surface area contributed by atoms with Gasteiger partial charge in [-0.15, -0.1) is 0 Å². The van der Waals surface area contributed by atoms with Gasteiger partial charge >= 0.3 is 7.75 Å². The van der Waals surface area contributed by atoms with E-state index >= 15 is 0 Å². The van der Waals surface area contributed by atoms with Crippen LogP contribution in [0.1, 0.15) is 32.6 Å². The first-order valence-electron chi connectivity index (χ1n) is 13.0. The molecule has 0 bridgehead atoms. The third-order valence-corrected chi connectivity index (χ3v) is 9.53. The smallest absolute Gasteiger partial charge is 0.395 e. The lowest BCUT2D eigenvalue weighted by Gasteiger charge is -2.27. The van der Waals surface area contributed by atoms with Crippen molar-refractivity contribution in [2.75, 3.05) is 31.3 Å². The molecular formula is C25H35N6O9PS. The first kappa shape index (κ1) is 32.3. The monoisotopic (exact) mass is 626 g/mol. The van der Waals surface area contributed by atoms with Crippen molar-refractivity contribution in [3.05, 3.63) is 52.6 Å². The molecule has 1 fully saturated rings. The summed E-state index contributed by atoms with van der Waals surface area (Å²) in [7, 11) is -4.04. The van der Waals surface area contributed by atoms with Crippen molar-refractivity contribution >= 4 is 41.7 Å². The second-order valence-corrected chi connectivity index (χ2v) is 13.5. The number of aromatic amines is 1. The fourth-order valence-electron chi connectivity index (χ4n) is 4.04. The highest BCUT2D eigenvalue weighted by Gasteiger charge is 2.54. The van der Waals surface area contributed by atoms with Gasteiger partial charge in [-0.05, 0) is 26.3 Å². The molecule has 0 amide bonds. The van der Waals surface area contributed by atoms with Crippen molar-refractivity contribution in [1.82, 2.24) is 24.6 Å². The fourth-order valence-corrected chi connectivity index (χ4v) is 6.27. The number of nitrogens with one attached hydrogen (secondary N) is 2. The quantitative estimate of drug-likeness (QED) is 0.115. The summed E-state index contributed by atoms with van der Waals surface area (Å²) >= 11 is 0.934. The van der Waals surface area contributed by atoms with E-state index in [2.05, 4.69) is 20.0 Å². The average Bonchev–Trinajstić information content (AvgIpc) is 3.47. The standard InChI is InChI=1S/C25H35N6O9PS/c1-24(2,13-32)22(35)42-10-9-38-41(37,28-11-15-7-5-4-6-8-15)39-12-16-25(3,36)18(33)21(40-16)31-14-27-17-19(31)29-23(26)30-20(17)34/h4-8,14,16,18,21,32-33,36H,9-13H2,1-3H3,(H,28,37)(H3,26,29,30,34)/t16-,18?,21-,25-,41?/m1/s1. The van der Waals surface area contributed by atoms with Gasteiger partial charge in [0.2, 0.25) is 5.95 Å². The Labute approximate surface area is 245 Å². The number of nitrogens with zero attached hydrogens (tertiary/aromatic N) is 3.